The number of amides is 1. The highest BCUT2D eigenvalue weighted by molar-refractivity contribution is 5.79. The Morgan fingerprint density at radius 2 is 1.85 bits per heavy atom. The topological polar surface area (TPSA) is 47.6 Å². The molecule has 2 aromatic rings. The van der Waals surface area contributed by atoms with Crippen molar-refractivity contribution in [3.8, 4) is 11.5 Å². The number of hydrogen-bond acceptors (Lipinski definition) is 3. The maximum Gasteiger partial charge on any atom is 0.225 e. The van der Waals surface area contributed by atoms with Crippen LogP contribution in [0.1, 0.15) is 37.4 Å². The minimum atomic E-state index is -0.362. The van der Waals surface area contributed by atoms with Gasteiger partial charge in [0.1, 0.15) is 5.82 Å². The van der Waals surface area contributed by atoms with Crippen LogP contribution in [0.2, 0.25) is 0 Å². The van der Waals surface area contributed by atoms with E-state index >= 15 is 0 Å². The Labute approximate surface area is 153 Å². The van der Waals surface area contributed by atoms with Gasteiger partial charge in [-0.2, -0.15) is 0 Å². The quantitative estimate of drug-likeness (QED) is 0.878. The number of halogens is 1. The molecule has 0 fully saturated rings. The van der Waals surface area contributed by atoms with Gasteiger partial charge in [-0.15, -0.1) is 0 Å². The van der Waals surface area contributed by atoms with E-state index in [0.717, 1.165) is 17.7 Å². The summed E-state index contributed by atoms with van der Waals surface area (Å²) in [6.07, 6.45) is 0.859. The number of benzene rings is 2. The van der Waals surface area contributed by atoms with E-state index in [1.54, 1.807) is 18.2 Å². The van der Waals surface area contributed by atoms with Crippen LogP contribution in [0.5, 0.6) is 11.5 Å². The first-order chi connectivity index (χ1) is 12.5. The summed E-state index contributed by atoms with van der Waals surface area (Å²) >= 11 is 0. The third-order valence-electron chi connectivity index (χ3n) is 4.42. The number of carbonyl (C=O) groups excluding carboxylic acids is 1. The Kier molecular flexibility index (Phi) is 5.76. The van der Waals surface area contributed by atoms with Crippen molar-refractivity contribution in [2.24, 2.45) is 5.92 Å². The van der Waals surface area contributed by atoms with Crippen LogP contribution in [0, 0.1) is 11.7 Å². The normalized spacial score (nSPS) is 14.6. The van der Waals surface area contributed by atoms with Crippen molar-refractivity contribution < 1.29 is 18.7 Å². The van der Waals surface area contributed by atoms with Crippen LogP contribution < -0.4 is 14.8 Å². The molecule has 0 saturated heterocycles. The number of rotatable bonds is 5. The summed E-state index contributed by atoms with van der Waals surface area (Å²) in [7, 11) is 0. The molecule has 1 aliphatic rings. The minimum absolute atomic E-state index is 0.0143. The van der Waals surface area contributed by atoms with Gasteiger partial charge in [-0.1, -0.05) is 38.1 Å². The van der Waals surface area contributed by atoms with E-state index in [0.29, 0.717) is 24.5 Å². The molecule has 26 heavy (non-hydrogen) atoms. The Morgan fingerprint density at radius 1 is 1.12 bits per heavy atom. The molecule has 0 saturated carbocycles. The molecule has 2 aromatic carbocycles. The van der Waals surface area contributed by atoms with Gasteiger partial charge >= 0.3 is 0 Å². The third-order valence-corrected chi connectivity index (χ3v) is 4.42. The molecule has 1 heterocycles. The van der Waals surface area contributed by atoms with E-state index in [-0.39, 0.29) is 30.1 Å². The van der Waals surface area contributed by atoms with Gasteiger partial charge in [0.05, 0.1) is 25.7 Å². The van der Waals surface area contributed by atoms with Crippen molar-refractivity contribution in [1.82, 2.24) is 5.32 Å². The van der Waals surface area contributed by atoms with Crippen molar-refractivity contribution >= 4 is 5.91 Å². The van der Waals surface area contributed by atoms with Gasteiger partial charge in [0, 0.05) is 6.42 Å². The highest BCUT2D eigenvalue weighted by Gasteiger charge is 2.21. The van der Waals surface area contributed by atoms with Gasteiger partial charge in [-0.05, 0) is 35.2 Å². The molecule has 0 bridgehead atoms. The Balaban J connectivity index is 1.76. The summed E-state index contributed by atoms with van der Waals surface area (Å²) in [5.41, 5.74) is 1.34. The summed E-state index contributed by atoms with van der Waals surface area (Å²) in [6.45, 7) is 5.33. The molecular formula is C21H24FNO3. The second-order valence-corrected chi connectivity index (χ2v) is 6.81. The van der Waals surface area contributed by atoms with Crippen molar-refractivity contribution in [3.05, 3.63) is 59.4 Å². The molecule has 5 heteroatoms. The molecule has 0 radical (unpaired) electrons. The fourth-order valence-corrected chi connectivity index (χ4v) is 3.05. The predicted octanol–water partition coefficient (Wildman–Crippen LogP) is 4.04. The number of ether oxygens (including phenoxy) is 2. The standard InChI is InChI=1S/C21H24FNO3/c1-14(2)21(23-20(24)13-15-6-3-4-7-17(15)22)16-8-9-18-19(12-16)26-11-5-10-25-18/h3-4,6-9,12,14,21H,5,10-11,13H2,1-2H3,(H,23,24)/t21-/m1/s1. The average molecular weight is 357 g/mol. The summed E-state index contributed by atoms with van der Waals surface area (Å²) in [4.78, 5) is 12.5. The van der Waals surface area contributed by atoms with Crippen molar-refractivity contribution in [1.29, 1.82) is 0 Å². The molecule has 1 amide bonds. The lowest BCUT2D eigenvalue weighted by Crippen LogP contribution is -2.33. The first-order valence-electron chi connectivity index (χ1n) is 8.97. The monoisotopic (exact) mass is 357 g/mol. The highest BCUT2D eigenvalue weighted by Crippen LogP contribution is 2.34. The SMILES string of the molecule is CC(C)[C@@H](NC(=O)Cc1ccccc1F)c1ccc2c(c1)OCCCO2. The van der Waals surface area contributed by atoms with E-state index in [9.17, 15) is 9.18 Å². The van der Waals surface area contributed by atoms with Gasteiger partial charge in [-0.3, -0.25) is 4.79 Å². The number of hydrogen-bond donors (Lipinski definition) is 1. The van der Waals surface area contributed by atoms with Crippen molar-refractivity contribution in [2.45, 2.75) is 32.7 Å². The molecule has 138 valence electrons. The average Bonchev–Trinajstić information content (AvgIpc) is 2.86. The van der Waals surface area contributed by atoms with Crippen LogP contribution >= 0.6 is 0 Å². The van der Waals surface area contributed by atoms with Crippen molar-refractivity contribution in [2.75, 3.05) is 13.2 Å². The van der Waals surface area contributed by atoms with E-state index in [4.69, 9.17) is 9.47 Å². The van der Waals surface area contributed by atoms with Gasteiger partial charge in [0.15, 0.2) is 11.5 Å². The van der Waals surface area contributed by atoms with Gasteiger partial charge in [0.25, 0.3) is 0 Å². The lowest BCUT2D eigenvalue weighted by Gasteiger charge is -2.24. The van der Waals surface area contributed by atoms with E-state index in [2.05, 4.69) is 5.32 Å². The second-order valence-electron chi connectivity index (χ2n) is 6.81. The maximum atomic E-state index is 13.8. The smallest absolute Gasteiger partial charge is 0.225 e. The van der Waals surface area contributed by atoms with Crippen LogP contribution in [0.4, 0.5) is 4.39 Å². The molecule has 0 aromatic heterocycles. The number of carbonyl (C=O) groups is 1. The predicted molar refractivity (Wildman–Crippen MR) is 97.9 cm³/mol. The maximum absolute atomic E-state index is 13.8. The molecule has 4 nitrogen and oxygen atoms in total. The summed E-state index contributed by atoms with van der Waals surface area (Å²) < 4.78 is 25.2. The molecule has 1 atom stereocenters. The summed E-state index contributed by atoms with van der Waals surface area (Å²) in [5, 5.41) is 3.03. The van der Waals surface area contributed by atoms with Crippen molar-refractivity contribution in [3.63, 3.8) is 0 Å². The second kappa shape index (κ2) is 8.21. The van der Waals surface area contributed by atoms with Crippen LogP contribution in [-0.4, -0.2) is 19.1 Å². The van der Waals surface area contributed by atoms with E-state index in [1.165, 1.54) is 6.07 Å². The zero-order valence-corrected chi connectivity index (χ0v) is 15.1. The highest BCUT2D eigenvalue weighted by atomic mass is 19.1. The molecule has 1 N–H and O–H groups in total. The lowest BCUT2D eigenvalue weighted by atomic mass is 9.95. The molecule has 1 aliphatic heterocycles. The summed E-state index contributed by atoms with van der Waals surface area (Å²) in [6, 6.07) is 11.9. The lowest BCUT2D eigenvalue weighted by molar-refractivity contribution is -0.121. The Morgan fingerprint density at radius 3 is 2.58 bits per heavy atom. The van der Waals surface area contributed by atoms with Crippen LogP contribution in [0.3, 0.4) is 0 Å². The minimum Gasteiger partial charge on any atom is -0.490 e. The fourth-order valence-electron chi connectivity index (χ4n) is 3.05. The third kappa shape index (κ3) is 4.34. The van der Waals surface area contributed by atoms with Gasteiger partial charge < -0.3 is 14.8 Å². The number of nitrogens with one attached hydrogen (secondary N) is 1. The van der Waals surface area contributed by atoms with Gasteiger partial charge in [0.2, 0.25) is 5.91 Å². The fraction of sp³-hybridized carbons (Fsp3) is 0.381. The van der Waals surface area contributed by atoms with Crippen LogP contribution in [0.15, 0.2) is 42.5 Å². The largest absolute Gasteiger partial charge is 0.490 e. The summed E-state index contributed by atoms with van der Waals surface area (Å²) in [5.74, 6) is 1.03. The van der Waals surface area contributed by atoms with E-state index < -0.39 is 0 Å². The van der Waals surface area contributed by atoms with E-state index in [1.807, 2.05) is 32.0 Å². The molecular weight excluding hydrogens is 333 g/mol. The van der Waals surface area contributed by atoms with Gasteiger partial charge in [-0.25, -0.2) is 4.39 Å². The number of fused-ring (bicyclic) bond motifs is 1. The van der Waals surface area contributed by atoms with Crippen LogP contribution in [-0.2, 0) is 11.2 Å². The Hall–Kier alpha value is -2.56. The first kappa shape index (κ1) is 18.2. The first-order valence-corrected chi connectivity index (χ1v) is 8.97. The zero-order chi connectivity index (χ0) is 18.5. The molecule has 0 spiro atoms. The zero-order valence-electron chi connectivity index (χ0n) is 15.1. The van der Waals surface area contributed by atoms with Crippen LogP contribution in [0.25, 0.3) is 0 Å². The molecule has 0 aliphatic carbocycles. The molecule has 3 rings (SSSR count). The Bertz CT molecular complexity index is 776. The molecule has 0 unspecified atom stereocenters.